The first-order chi connectivity index (χ1) is 8.65. The van der Waals surface area contributed by atoms with Gasteiger partial charge in [-0.3, -0.25) is 4.79 Å². The van der Waals surface area contributed by atoms with Crippen molar-refractivity contribution in [1.82, 2.24) is 4.90 Å². The molecule has 1 heterocycles. The summed E-state index contributed by atoms with van der Waals surface area (Å²) in [7, 11) is 0. The Morgan fingerprint density at radius 2 is 2.11 bits per heavy atom. The average molecular weight is 255 g/mol. The number of piperidine rings is 1. The summed E-state index contributed by atoms with van der Waals surface area (Å²) in [5.74, 6) is 0.302. The van der Waals surface area contributed by atoms with Crippen LogP contribution in [0.5, 0.6) is 0 Å². The van der Waals surface area contributed by atoms with Gasteiger partial charge in [-0.05, 0) is 39.0 Å². The lowest BCUT2D eigenvalue weighted by molar-refractivity contribution is -0.135. The van der Waals surface area contributed by atoms with E-state index in [4.69, 9.17) is 0 Å². The molecule has 1 rings (SSSR count). The van der Waals surface area contributed by atoms with Crippen LogP contribution in [0.2, 0.25) is 0 Å². The zero-order valence-electron chi connectivity index (χ0n) is 12.0. The Morgan fingerprint density at radius 3 is 2.78 bits per heavy atom. The minimum atomic E-state index is -0.302. The number of aliphatic hydroxyl groups is 1. The minimum Gasteiger partial charge on any atom is -0.393 e. The van der Waals surface area contributed by atoms with Crippen LogP contribution < -0.4 is 0 Å². The summed E-state index contributed by atoms with van der Waals surface area (Å²) in [5.41, 5.74) is 0. The molecule has 3 nitrogen and oxygen atoms in total. The van der Waals surface area contributed by atoms with Gasteiger partial charge in [0.15, 0.2) is 0 Å². The van der Waals surface area contributed by atoms with Gasteiger partial charge in [0.25, 0.3) is 0 Å². The van der Waals surface area contributed by atoms with Crippen molar-refractivity contribution in [3.05, 3.63) is 0 Å². The molecule has 3 heteroatoms. The van der Waals surface area contributed by atoms with Gasteiger partial charge in [-0.1, -0.05) is 26.2 Å². The van der Waals surface area contributed by atoms with Crippen LogP contribution in [0.4, 0.5) is 0 Å². The monoisotopic (exact) mass is 255 g/mol. The van der Waals surface area contributed by atoms with Crippen LogP contribution in [-0.4, -0.2) is 34.6 Å². The Labute approximate surface area is 112 Å². The van der Waals surface area contributed by atoms with Gasteiger partial charge >= 0.3 is 0 Å². The molecule has 1 fully saturated rings. The van der Waals surface area contributed by atoms with Crippen molar-refractivity contribution in [2.75, 3.05) is 6.54 Å². The maximum absolute atomic E-state index is 12.2. The minimum absolute atomic E-state index is 0.275. The maximum atomic E-state index is 12.2. The highest BCUT2D eigenvalue weighted by Gasteiger charge is 2.26. The number of carbonyl (C=O) groups is 1. The van der Waals surface area contributed by atoms with E-state index in [0.29, 0.717) is 12.3 Å². The van der Waals surface area contributed by atoms with E-state index in [-0.39, 0.29) is 12.1 Å². The lowest BCUT2D eigenvalue weighted by atomic mass is 9.96. The van der Waals surface area contributed by atoms with E-state index in [9.17, 15) is 9.90 Å². The second kappa shape index (κ2) is 8.52. The smallest absolute Gasteiger partial charge is 0.222 e. The van der Waals surface area contributed by atoms with Crippen LogP contribution in [0.3, 0.4) is 0 Å². The summed E-state index contributed by atoms with van der Waals surface area (Å²) in [6.07, 6.45) is 9.12. The molecule has 0 aromatic rings. The first-order valence-electron chi connectivity index (χ1n) is 7.62. The Balaban J connectivity index is 2.37. The third-order valence-corrected chi connectivity index (χ3v) is 3.80. The van der Waals surface area contributed by atoms with Gasteiger partial charge in [0.2, 0.25) is 5.91 Å². The summed E-state index contributed by atoms with van der Waals surface area (Å²) in [6, 6.07) is 0.275. The number of likely N-dealkylation sites (tertiary alicyclic amines) is 1. The highest BCUT2D eigenvalue weighted by Crippen LogP contribution is 2.22. The summed E-state index contributed by atoms with van der Waals surface area (Å²) in [5, 5.41) is 9.51. The SMILES string of the molecule is CCCCCCC(=O)N1CCCCC1CC(C)O. The summed E-state index contributed by atoms with van der Waals surface area (Å²) < 4.78 is 0. The second-order valence-corrected chi connectivity index (χ2v) is 5.63. The topological polar surface area (TPSA) is 40.5 Å². The molecular formula is C15H29NO2. The molecule has 0 radical (unpaired) electrons. The van der Waals surface area contributed by atoms with Crippen molar-refractivity contribution in [2.24, 2.45) is 0 Å². The fraction of sp³-hybridized carbons (Fsp3) is 0.933. The van der Waals surface area contributed by atoms with Crippen molar-refractivity contribution >= 4 is 5.91 Å². The van der Waals surface area contributed by atoms with Crippen LogP contribution in [0, 0.1) is 0 Å². The van der Waals surface area contributed by atoms with E-state index in [1.165, 1.54) is 19.3 Å². The van der Waals surface area contributed by atoms with E-state index in [1.54, 1.807) is 0 Å². The second-order valence-electron chi connectivity index (χ2n) is 5.63. The number of unbranched alkanes of at least 4 members (excludes halogenated alkanes) is 3. The van der Waals surface area contributed by atoms with Crippen molar-refractivity contribution in [2.45, 2.75) is 83.8 Å². The molecule has 0 aromatic carbocycles. The van der Waals surface area contributed by atoms with E-state index < -0.39 is 0 Å². The van der Waals surface area contributed by atoms with Crippen LogP contribution in [0.25, 0.3) is 0 Å². The molecule has 1 N–H and O–H groups in total. The molecule has 1 saturated heterocycles. The molecule has 2 atom stereocenters. The average Bonchev–Trinajstić information content (AvgIpc) is 2.34. The number of amides is 1. The van der Waals surface area contributed by atoms with Crippen LogP contribution in [0.15, 0.2) is 0 Å². The standard InChI is InChI=1S/C15H29NO2/c1-3-4-5-6-10-15(18)16-11-8-7-9-14(16)12-13(2)17/h13-14,17H,3-12H2,1-2H3. The first kappa shape index (κ1) is 15.5. The van der Waals surface area contributed by atoms with Crippen molar-refractivity contribution in [3.8, 4) is 0 Å². The van der Waals surface area contributed by atoms with Crippen molar-refractivity contribution in [3.63, 3.8) is 0 Å². The first-order valence-corrected chi connectivity index (χ1v) is 7.62. The largest absolute Gasteiger partial charge is 0.393 e. The van der Waals surface area contributed by atoms with Gasteiger partial charge in [0, 0.05) is 19.0 Å². The number of rotatable bonds is 7. The van der Waals surface area contributed by atoms with Gasteiger partial charge in [0.1, 0.15) is 0 Å². The Hall–Kier alpha value is -0.570. The molecule has 106 valence electrons. The molecule has 1 aliphatic heterocycles. The van der Waals surface area contributed by atoms with E-state index in [2.05, 4.69) is 6.92 Å². The number of hydrogen-bond acceptors (Lipinski definition) is 2. The van der Waals surface area contributed by atoms with Crippen LogP contribution in [0.1, 0.15) is 71.6 Å². The van der Waals surface area contributed by atoms with Crippen molar-refractivity contribution in [1.29, 1.82) is 0 Å². The Bertz CT molecular complexity index is 241. The molecule has 0 saturated carbocycles. The summed E-state index contributed by atoms with van der Waals surface area (Å²) >= 11 is 0. The number of aliphatic hydroxyl groups excluding tert-OH is 1. The number of hydrogen-bond donors (Lipinski definition) is 1. The molecule has 1 amide bonds. The Kier molecular flexibility index (Phi) is 7.33. The number of carbonyl (C=O) groups excluding carboxylic acids is 1. The molecular weight excluding hydrogens is 226 g/mol. The third kappa shape index (κ3) is 5.38. The van der Waals surface area contributed by atoms with Gasteiger partial charge in [-0.2, -0.15) is 0 Å². The summed E-state index contributed by atoms with van der Waals surface area (Å²) in [6.45, 7) is 4.90. The van der Waals surface area contributed by atoms with Gasteiger partial charge in [-0.15, -0.1) is 0 Å². The molecule has 0 spiro atoms. The lowest BCUT2D eigenvalue weighted by Gasteiger charge is -2.36. The van der Waals surface area contributed by atoms with E-state index in [1.807, 2.05) is 11.8 Å². The Morgan fingerprint density at radius 1 is 1.33 bits per heavy atom. The zero-order valence-corrected chi connectivity index (χ0v) is 12.0. The number of nitrogens with zero attached hydrogens (tertiary/aromatic N) is 1. The molecule has 1 aliphatic rings. The highest BCUT2D eigenvalue weighted by molar-refractivity contribution is 5.76. The third-order valence-electron chi connectivity index (χ3n) is 3.80. The maximum Gasteiger partial charge on any atom is 0.222 e. The fourth-order valence-electron chi connectivity index (χ4n) is 2.81. The zero-order chi connectivity index (χ0) is 13.4. The highest BCUT2D eigenvalue weighted by atomic mass is 16.3. The van der Waals surface area contributed by atoms with Crippen LogP contribution in [-0.2, 0) is 4.79 Å². The molecule has 0 aromatic heterocycles. The molecule has 18 heavy (non-hydrogen) atoms. The predicted octanol–water partition coefficient (Wildman–Crippen LogP) is 3.11. The van der Waals surface area contributed by atoms with E-state index >= 15 is 0 Å². The fourth-order valence-corrected chi connectivity index (χ4v) is 2.81. The van der Waals surface area contributed by atoms with Crippen LogP contribution >= 0.6 is 0 Å². The lowest BCUT2D eigenvalue weighted by Crippen LogP contribution is -2.44. The summed E-state index contributed by atoms with van der Waals surface area (Å²) in [4.78, 5) is 14.2. The molecule has 0 aliphatic carbocycles. The predicted molar refractivity (Wildman–Crippen MR) is 74.4 cm³/mol. The quantitative estimate of drug-likeness (QED) is 0.710. The van der Waals surface area contributed by atoms with Crippen molar-refractivity contribution < 1.29 is 9.90 Å². The molecule has 2 unspecified atom stereocenters. The normalized spacial score (nSPS) is 21.9. The van der Waals surface area contributed by atoms with Gasteiger partial charge < -0.3 is 10.0 Å². The van der Waals surface area contributed by atoms with Gasteiger partial charge in [-0.25, -0.2) is 0 Å². The van der Waals surface area contributed by atoms with Gasteiger partial charge in [0.05, 0.1) is 6.10 Å². The van der Waals surface area contributed by atoms with E-state index in [0.717, 1.165) is 38.6 Å². The molecule has 0 bridgehead atoms.